The fourth-order valence-electron chi connectivity index (χ4n) is 6.81. The third-order valence-corrected chi connectivity index (χ3v) is 9.26. The van der Waals surface area contributed by atoms with Gasteiger partial charge in [-0.3, -0.25) is 19.4 Å². The molecule has 0 radical (unpaired) electrons. The molecule has 0 saturated heterocycles. The lowest BCUT2D eigenvalue weighted by Gasteiger charge is -2.27. The lowest BCUT2D eigenvalue weighted by atomic mass is 9.79. The molecule has 3 aliphatic heterocycles. The van der Waals surface area contributed by atoms with Crippen molar-refractivity contribution in [2.45, 2.75) is 56.5 Å². The van der Waals surface area contributed by atoms with Gasteiger partial charge < -0.3 is 25.0 Å². The highest BCUT2D eigenvalue weighted by molar-refractivity contribution is 6.13. The Bertz CT molecular complexity index is 1510. The number of fused-ring (bicyclic) bond motifs is 1. The maximum Gasteiger partial charge on any atom is 0.253 e. The number of aryl methyl sites for hydroxylation is 1. The van der Waals surface area contributed by atoms with Crippen molar-refractivity contribution < 1.29 is 23.9 Å². The van der Waals surface area contributed by atoms with Gasteiger partial charge in [0.25, 0.3) is 5.91 Å². The summed E-state index contributed by atoms with van der Waals surface area (Å²) >= 11 is 0. The van der Waals surface area contributed by atoms with Crippen LogP contribution in [0, 0.1) is 5.92 Å². The van der Waals surface area contributed by atoms with Crippen molar-refractivity contribution in [3.8, 4) is 0 Å². The van der Waals surface area contributed by atoms with Gasteiger partial charge in [0.1, 0.15) is 11.9 Å². The number of aliphatic imine (C=N–C) groups is 1. The Kier molecular flexibility index (Phi) is 9.51. The van der Waals surface area contributed by atoms with Gasteiger partial charge in [0.2, 0.25) is 11.8 Å². The van der Waals surface area contributed by atoms with Gasteiger partial charge in [-0.05, 0) is 56.2 Å². The average molecular weight is 612 g/mol. The lowest BCUT2D eigenvalue weighted by molar-refractivity contribution is -0.136. The number of pyridine rings is 1. The van der Waals surface area contributed by atoms with Crippen molar-refractivity contribution in [1.29, 1.82) is 0 Å². The quantitative estimate of drug-likeness (QED) is 0.546. The maximum absolute atomic E-state index is 13.8. The van der Waals surface area contributed by atoms with Crippen molar-refractivity contribution in [1.82, 2.24) is 15.2 Å². The van der Waals surface area contributed by atoms with E-state index in [9.17, 15) is 14.4 Å². The Labute approximate surface area is 264 Å². The highest BCUT2D eigenvalue weighted by atomic mass is 16.5. The van der Waals surface area contributed by atoms with Crippen molar-refractivity contribution >= 4 is 35.8 Å². The fraction of sp³-hybridized carbons (Fsp3) is 0.457. The topological polar surface area (TPSA) is 122 Å². The molecule has 1 aliphatic carbocycles. The van der Waals surface area contributed by atoms with Crippen molar-refractivity contribution in [2.24, 2.45) is 10.9 Å². The van der Waals surface area contributed by atoms with Crippen molar-refractivity contribution in [3.63, 3.8) is 0 Å². The largest absolute Gasteiger partial charge is 0.380 e. The summed E-state index contributed by atoms with van der Waals surface area (Å²) in [6.45, 7) is 4.81. The number of likely N-dealkylation sites (N-methyl/N-ethyl adjacent to an activating group) is 1. The molecule has 45 heavy (non-hydrogen) atoms. The van der Waals surface area contributed by atoms with Crippen LogP contribution in [0.5, 0.6) is 0 Å². The molecule has 10 nitrogen and oxygen atoms in total. The predicted octanol–water partition coefficient (Wildman–Crippen LogP) is 3.48. The van der Waals surface area contributed by atoms with Gasteiger partial charge in [0.05, 0.1) is 30.2 Å². The zero-order chi connectivity index (χ0) is 31.2. The van der Waals surface area contributed by atoms with Crippen LogP contribution in [0.15, 0.2) is 65.3 Å². The zero-order valence-corrected chi connectivity index (χ0v) is 25.7. The summed E-state index contributed by atoms with van der Waals surface area (Å²) in [5.41, 5.74) is 2.53. The van der Waals surface area contributed by atoms with E-state index in [4.69, 9.17) is 14.5 Å². The first-order chi connectivity index (χ1) is 22.0. The Hall–Kier alpha value is -4.15. The number of anilines is 1. The summed E-state index contributed by atoms with van der Waals surface area (Å²) in [4.78, 5) is 51.9. The van der Waals surface area contributed by atoms with Gasteiger partial charge >= 0.3 is 0 Å². The molecule has 1 saturated carbocycles. The van der Waals surface area contributed by atoms with Gasteiger partial charge in [-0.2, -0.15) is 0 Å². The van der Waals surface area contributed by atoms with Crippen LogP contribution in [0.2, 0.25) is 0 Å². The molecule has 3 amide bonds. The molecule has 1 aromatic carbocycles. The minimum Gasteiger partial charge on any atom is -0.380 e. The number of aromatic nitrogens is 1. The number of dihydropyridines is 1. The van der Waals surface area contributed by atoms with E-state index >= 15 is 0 Å². The average Bonchev–Trinajstić information content (AvgIpc) is 3.57. The van der Waals surface area contributed by atoms with Crippen LogP contribution in [0.4, 0.5) is 5.82 Å². The Morgan fingerprint density at radius 3 is 2.76 bits per heavy atom. The van der Waals surface area contributed by atoms with Crippen LogP contribution in [-0.2, 0) is 35.7 Å². The molecule has 2 N–H and O–H groups in total. The molecule has 6 rings (SSSR count). The smallest absolute Gasteiger partial charge is 0.253 e. The molecule has 5 bridgehead atoms. The first kappa shape index (κ1) is 30.9. The minimum atomic E-state index is -0.761. The number of amides is 3. The van der Waals surface area contributed by atoms with E-state index in [1.165, 1.54) is 0 Å². The molecule has 1 fully saturated rings. The van der Waals surface area contributed by atoms with Crippen LogP contribution in [0.25, 0.3) is 6.08 Å². The summed E-state index contributed by atoms with van der Waals surface area (Å²) in [7, 11) is 0. The second kappa shape index (κ2) is 13.9. The maximum atomic E-state index is 13.8. The minimum absolute atomic E-state index is 0.0718. The number of ether oxygens (including phenoxy) is 2. The lowest BCUT2D eigenvalue weighted by Crippen LogP contribution is -2.50. The number of benzene rings is 1. The van der Waals surface area contributed by atoms with E-state index in [0.29, 0.717) is 76.6 Å². The SMILES string of the molecule is CCN1CCOCCCOC/C=C/c2cnc3c(c2)[C@@]2(CC4C=C(C=NC4C2)C(=O)NC(CCc2ccccc2)C1=O)C(=O)N3. The van der Waals surface area contributed by atoms with Gasteiger partial charge in [-0.15, -0.1) is 0 Å². The summed E-state index contributed by atoms with van der Waals surface area (Å²) in [6.07, 6.45) is 12.1. The van der Waals surface area contributed by atoms with E-state index in [1.807, 2.05) is 61.5 Å². The normalized spacial score (nSPS) is 28.0. The number of hydrogen-bond donors (Lipinski definition) is 2. The third-order valence-electron chi connectivity index (χ3n) is 9.26. The Morgan fingerprint density at radius 2 is 1.91 bits per heavy atom. The number of rotatable bonds is 4. The van der Waals surface area contributed by atoms with Crippen molar-refractivity contribution in [2.75, 3.05) is 44.8 Å². The number of carbonyl (C=O) groups is 3. The first-order valence-electron chi connectivity index (χ1n) is 16.0. The summed E-state index contributed by atoms with van der Waals surface area (Å²) in [5, 5.41) is 6.01. The van der Waals surface area contributed by atoms with Crippen LogP contribution in [0.1, 0.15) is 49.3 Å². The first-order valence-corrected chi connectivity index (χ1v) is 16.0. The molecule has 4 atom stereocenters. The second-order valence-electron chi connectivity index (χ2n) is 12.2. The Morgan fingerprint density at radius 1 is 1.07 bits per heavy atom. The highest BCUT2D eigenvalue weighted by Gasteiger charge is 2.56. The number of nitrogens with one attached hydrogen (secondary N) is 2. The van der Waals surface area contributed by atoms with Crippen LogP contribution < -0.4 is 10.6 Å². The van der Waals surface area contributed by atoms with Crippen LogP contribution in [0.3, 0.4) is 0 Å². The standard InChI is InChI=1S/C35H41N5O5/c1-2-40-13-17-45-16-7-15-44-14-6-10-25-18-28-31(37-22-25)39-34(43)35(28)20-26-19-27(23-36-30(26)21-35)32(41)38-29(33(40)42)12-11-24-8-4-3-5-9-24/h3-6,8-10,18-19,22-23,26,29-30H,2,7,11-17,20-21H2,1H3,(H,38,41)(H,37,39,43)/b10-6+/t26?,29?,30?,35-/m0/s1. The zero-order valence-electron chi connectivity index (χ0n) is 25.7. The van der Waals surface area contributed by atoms with Gasteiger partial charge in [-0.25, -0.2) is 4.98 Å². The molecule has 1 aromatic heterocycles. The predicted molar refractivity (Wildman–Crippen MR) is 172 cm³/mol. The van der Waals surface area contributed by atoms with Gasteiger partial charge in [-0.1, -0.05) is 48.6 Å². The molecular weight excluding hydrogens is 570 g/mol. The molecule has 4 heterocycles. The molecule has 236 valence electrons. The van der Waals surface area contributed by atoms with E-state index in [1.54, 1.807) is 17.3 Å². The third kappa shape index (κ3) is 6.77. The highest BCUT2D eigenvalue weighted by Crippen LogP contribution is 2.52. The number of hydrogen-bond acceptors (Lipinski definition) is 7. The van der Waals surface area contributed by atoms with E-state index in [-0.39, 0.29) is 29.7 Å². The number of carbonyl (C=O) groups excluding carboxylic acids is 3. The van der Waals surface area contributed by atoms with Gasteiger partial charge in [0, 0.05) is 50.2 Å². The van der Waals surface area contributed by atoms with Crippen LogP contribution >= 0.6 is 0 Å². The summed E-state index contributed by atoms with van der Waals surface area (Å²) in [5.74, 6) is -0.0429. The van der Waals surface area contributed by atoms with Crippen LogP contribution in [-0.4, -0.2) is 85.4 Å². The second-order valence-corrected chi connectivity index (χ2v) is 12.2. The number of nitrogens with zero attached hydrogens (tertiary/aromatic N) is 3. The van der Waals surface area contributed by atoms with Crippen molar-refractivity contribution in [3.05, 3.63) is 77.0 Å². The Balaban J connectivity index is 1.26. The molecular formula is C35H41N5O5. The summed E-state index contributed by atoms with van der Waals surface area (Å²) < 4.78 is 11.6. The fourth-order valence-corrected chi connectivity index (χ4v) is 6.81. The van der Waals surface area contributed by atoms with E-state index < -0.39 is 11.5 Å². The molecule has 10 heteroatoms. The summed E-state index contributed by atoms with van der Waals surface area (Å²) in [6, 6.07) is 11.2. The van der Waals surface area contributed by atoms with E-state index in [0.717, 1.165) is 23.1 Å². The molecule has 4 aliphatic rings. The van der Waals surface area contributed by atoms with Gasteiger partial charge in [0.15, 0.2) is 0 Å². The van der Waals surface area contributed by atoms with E-state index in [2.05, 4.69) is 15.6 Å². The molecule has 3 unspecified atom stereocenters. The monoisotopic (exact) mass is 611 g/mol. The molecule has 2 aromatic rings. The molecule has 1 spiro atoms.